The van der Waals surface area contributed by atoms with Gasteiger partial charge < -0.3 is 4.74 Å². The number of amides is 1. The number of nitrogens with one attached hydrogen (secondary N) is 1. The predicted molar refractivity (Wildman–Crippen MR) is 136 cm³/mol. The summed E-state index contributed by atoms with van der Waals surface area (Å²) >= 11 is 1.60. The average Bonchev–Trinajstić information content (AvgIpc) is 3.20. The summed E-state index contributed by atoms with van der Waals surface area (Å²) in [6.45, 7) is 4.54. The molecule has 0 saturated carbocycles. The van der Waals surface area contributed by atoms with Crippen LogP contribution in [0.1, 0.15) is 36.3 Å². The van der Waals surface area contributed by atoms with Crippen molar-refractivity contribution in [2.45, 2.75) is 39.7 Å². The lowest BCUT2D eigenvalue weighted by Crippen LogP contribution is -2.30. The first-order valence-corrected chi connectivity index (χ1v) is 12.3. The van der Waals surface area contributed by atoms with E-state index in [4.69, 9.17) is 4.74 Å². The monoisotopic (exact) mass is 474 g/mol. The fourth-order valence-electron chi connectivity index (χ4n) is 4.53. The molecule has 2 aromatic heterocycles. The Balaban J connectivity index is 1.36. The standard InChI is InChI=1S/C26H26N4O3S/c1-3-33-21-11-9-17-6-4-5-7-18(17)20(21)13-28-29-23(31)14-30-15-27-25-24(26(30)32)19-10-8-16(2)12-22(19)34-25/h4-7,9,11,13,15-16H,3,8,10,12,14H2,1-2H3,(H,29,31)/b28-13-/t16-/m0/s1. The number of fused-ring (bicyclic) bond motifs is 4. The predicted octanol–water partition coefficient (Wildman–Crippen LogP) is 4.29. The van der Waals surface area contributed by atoms with E-state index in [2.05, 4.69) is 22.4 Å². The van der Waals surface area contributed by atoms with Crippen LogP contribution in [-0.2, 0) is 24.2 Å². The van der Waals surface area contributed by atoms with Gasteiger partial charge in [-0.1, -0.05) is 37.3 Å². The lowest BCUT2D eigenvalue weighted by atomic mass is 9.89. The second-order valence-corrected chi connectivity index (χ2v) is 9.72. The average molecular weight is 475 g/mol. The summed E-state index contributed by atoms with van der Waals surface area (Å²) in [7, 11) is 0. The van der Waals surface area contributed by atoms with Crippen LogP contribution < -0.4 is 15.7 Å². The number of ether oxygens (including phenoxy) is 1. The molecule has 1 aliphatic rings. The van der Waals surface area contributed by atoms with E-state index in [1.54, 1.807) is 17.6 Å². The summed E-state index contributed by atoms with van der Waals surface area (Å²) in [6, 6.07) is 11.8. The highest BCUT2D eigenvalue weighted by Crippen LogP contribution is 2.35. The molecule has 1 N–H and O–H groups in total. The van der Waals surface area contributed by atoms with Gasteiger partial charge in [0.2, 0.25) is 0 Å². The van der Waals surface area contributed by atoms with Crippen molar-refractivity contribution < 1.29 is 9.53 Å². The summed E-state index contributed by atoms with van der Waals surface area (Å²) in [6.07, 6.45) is 5.99. The van der Waals surface area contributed by atoms with E-state index < -0.39 is 5.91 Å². The number of hydrogen-bond donors (Lipinski definition) is 1. The Hall–Kier alpha value is -3.52. The first kappa shape index (κ1) is 22.3. The van der Waals surface area contributed by atoms with Gasteiger partial charge in [-0.3, -0.25) is 14.2 Å². The van der Waals surface area contributed by atoms with E-state index in [0.29, 0.717) is 23.7 Å². The molecule has 0 radical (unpaired) electrons. The molecule has 0 spiro atoms. The Morgan fingerprint density at radius 3 is 3.03 bits per heavy atom. The summed E-state index contributed by atoms with van der Waals surface area (Å²) < 4.78 is 7.11. The summed E-state index contributed by atoms with van der Waals surface area (Å²) in [5.41, 5.74) is 4.28. The maximum absolute atomic E-state index is 13.1. The van der Waals surface area contributed by atoms with E-state index in [0.717, 1.165) is 46.0 Å². The largest absolute Gasteiger partial charge is 0.493 e. The fourth-order valence-corrected chi connectivity index (χ4v) is 5.87. The highest BCUT2D eigenvalue weighted by atomic mass is 32.1. The minimum Gasteiger partial charge on any atom is -0.493 e. The number of thiophene rings is 1. The molecule has 4 aromatic rings. The van der Waals surface area contributed by atoms with Gasteiger partial charge in [-0.25, -0.2) is 10.4 Å². The zero-order chi connectivity index (χ0) is 23.7. The molecule has 2 aromatic carbocycles. The molecule has 1 atom stereocenters. The number of nitrogens with zero attached hydrogens (tertiary/aromatic N) is 3. The first-order valence-electron chi connectivity index (χ1n) is 11.5. The van der Waals surface area contributed by atoms with Crippen molar-refractivity contribution in [3.05, 3.63) is 69.1 Å². The van der Waals surface area contributed by atoms with Crippen molar-refractivity contribution in [3.63, 3.8) is 0 Å². The van der Waals surface area contributed by atoms with E-state index in [-0.39, 0.29) is 12.1 Å². The van der Waals surface area contributed by atoms with Gasteiger partial charge in [-0.2, -0.15) is 5.10 Å². The van der Waals surface area contributed by atoms with Crippen LogP contribution in [0.15, 0.2) is 52.6 Å². The zero-order valence-corrected chi connectivity index (χ0v) is 20.0. The fraction of sp³-hybridized carbons (Fsp3) is 0.308. The van der Waals surface area contributed by atoms with Crippen molar-refractivity contribution in [1.82, 2.24) is 15.0 Å². The topological polar surface area (TPSA) is 85.6 Å². The molecule has 0 bridgehead atoms. The third kappa shape index (κ3) is 4.21. The van der Waals surface area contributed by atoms with Crippen LogP contribution >= 0.6 is 11.3 Å². The number of benzene rings is 2. The second kappa shape index (κ2) is 9.38. The van der Waals surface area contributed by atoms with Gasteiger partial charge >= 0.3 is 0 Å². The Kier molecular flexibility index (Phi) is 6.15. The van der Waals surface area contributed by atoms with Crippen molar-refractivity contribution in [3.8, 4) is 5.75 Å². The molecule has 0 aliphatic heterocycles. The maximum atomic E-state index is 13.1. The van der Waals surface area contributed by atoms with Crippen molar-refractivity contribution in [1.29, 1.82) is 0 Å². The van der Waals surface area contributed by atoms with Crippen molar-refractivity contribution in [2.24, 2.45) is 11.0 Å². The first-order chi connectivity index (χ1) is 16.5. The molecular formula is C26H26N4O3S. The van der Waals surface area contributed by atoms with Gasteiger partial charge in [-0.15, -0.1) is 11.3 Å². The van der Waals surface area contributed by atoms with Crippen LogP contribution in [-0.4, -0.2) is 28.3 Å². The Morgan fingerprint density at radius 2 is 2.18 bits per heavy atom. The van der Waals surface area contributed by atoms with E-state index >= 15 is 0 Å². The smallest absolute Gasteiger partial charge is 0.262 e. The SMILES string of the molecule is CCOc1ccc2ccccc2c1/C=N\NC(=O)Cn1cnc2sc3c(c2c1=O)CC[C@H](C)C3. The van der Waals surface area contributed by atoms with Crippen LogP contribution in [0, 0.1) is 5.92 Å². The molecule has 5 rings (SSSR count). The summed E-state index contributed by atoms with van der Waals surface area (Å²) in [4.78, 5) is 32.2. The molecule has 0 fully saturated rings. The number of carbonyl (C=O) groups excluding carboxylic acids is 1. The van der Waals surface area contributed by atoms with Gasteiger partial charge in [0.25, 0.3) is 11.5 Å². The minimum absolute atomic E-state index is 0.145. The van der Waals surface area contributed by atoms with Crippen molar-refractivity contribution >= 4 is 44.4 Å². The molecule has 1 aliphatic carbocycles. The number of rotatable bonds is 6. The molecule has 174 valence electrons. The van der Waals surface area contributed by atoms with Crippen LogP contribution in [0.5, 0.6) is 5.75 Å². The maximum Gasteiger partial charge on any atom is 0.262 e. The van der Waals surface area contributed by atoms with Gasteiger partial charge in [0.05, 0.1) is 24.5 Å². The summed E-state index contributed by atoms with van der Waals surface area (Å²) in [5.74, 6) is 0.924. The Morgan fingerprint density at radius 1 is 1.32 bits per heavy atom. The molecule has 1 amide bonds. The van der Waals surface area contributed by atoms with Crippen LogP contribution in [0.4, 0.5) is 0 Å². The van der Waals surface area contributed by atoms with E-state index in [1.807, 2.05) is 43.3 Å². The van der Waals surface area contributed by atoms with E-state index in [9.17, 15) is 9.59 Å². The number of hydrogen-bond acceptors (Lipinski definition) is 6. The normalized spacial score (nSPS) is 15.6. The molecule has 34 heavy (non-hydrogen) atoms. The lowest BCUT2D eigenvalue weighted by Gasteiger charge is -2.17. The number of aryl methyl sites for hydroxylation is 1. The molecular weight excluding hydrogens is 448 g/mol. The van der Waals surface area contributed by atoms with Crippen LogP contribution in [0.2, 0.25) is 0 Å². The summed E-state index contributed by atoms with van der Waals surface area (Å²) in [5, 5.41) is 6.86. The zero-order valence-electron chi connectivity index (χ0n) is 19.2. The highest BCUT2D eigenvalue weighted by Gasteiger charge is 2.23. The molecule has 0 saturated heterocycles. The van der Waals surface area contributed by atoms with Gasteiger partial charge in [0, 0.05) is 10.4 Å². The second-order valence-electron chi connectivity index (χ2n) is 8.63. The van der Waals surface area contributed by atoms with Crippen molar-refractivity contribution in [2.75, 3.05) is 6.61 Å². The molecule has 2 heterocycles. The molecule has 8 heteroatoms. The van der Waals surface area contributed by atoms with Gasteiger partial charge in [0.15, 0.2) is 0 Å². The van der Waals surface area contributed by atoms with Gasteiger partial charge in [-0.05, 0) is 54.5 Å². The quantitative estimate of drug-likeness (QED) is 0.334. The Labute approximate surface area is 201 Å². The minimum atomic E-state index is -0.393. The number of aromatic nitrogens is 2. The van der Waals surface area contributed by atoms with E-state index in [1.165, 1.54) is 15.8 Å². The molecule has 0 unspecified atom stereocenters. The third-order valence-corrected chi connectivity index (χ3v) is 7.37. The number of hydrazone groups is 1. The number of carbonyl (C=O) groups is 1. The Bertz CT molecular complexity index is 1470. The lowest BCUT2D eigenvalue weighted by molar-refractivity contribution is -0.121. The van der Waals surface area contributed by atoms with Gasteiger partial charge in [0.1, 0.15) is 17.1 Å². The van der Waals surface area contributed by atoms with Crippen LogP contribution in [0.3, 0.4) is 0 Å². The third-order valence-electron chi connectivity index (χ3n) is 6.21. The molecule has 7 nitrogen and oxygen atoms in total. The highest BCUT2D eigenvalue weighted by molar-refractivity contribution is 7.18. The van der Waals surface area contributed by atoms with Crippen LogP contribution in [0.25, 0.3) is 21.0 Å².